The van der Waals surface area contributed by atoms with Crippen LogP contribution in [0, 0.1) is 0 Å². The SMILES string of the molecule is C.C.CCOc1ccccc1S(=O)(=O)N(C)Cc1cccc(-n2ncc(C(=O)O)c2[C@@H]2C[C@H]2c2cn(C)nn2)c1. The summed E-state index contributed by atoms with van der Waals surface area (Å²) in [6, 6.07) is 13.8. The van der Waals surface area contributed by atoms with E-state index in [9.17, 15) is 18.3 Å². The summed E-state index contributed by atoms with van der Waals surface area (Å²) in [5.74, 6) is -0.754. The van der Waals surface area contributed by atoms with Crippen LogP contribution in [0.1, 0.15) is 67.3 Å². The number of hydrogen-bond donors (Lipinski definition) is 1. The maximum Gasteiger partial charge on any atom is 0.339 e. The summed E-state index contributed by atoms with van der Waals surface area (Å²) >= 11 is 0. The minimum atomic E-state index is -3.83. The summed E-state index contributed by atoms with van der Waals surface area (Å²) in [5, 5.41) is 22.4. The fourth-order valence-corrected chi connectivity index (χ4v) is 5.97. The number of rotatable bonds is 10. The number of carboxylic acid groups (broad SMARTS) is 1. The van der Waals surface area contributed by atoms with Crippen molar-refractivity contribution < 1.29 is 23.1 Å². The van der Waals surface area contributed by atoms with Gasteiger partial charge in [0.05, 0.1) is 29.9 Å². The molecule has 1 saturated carbocycles. The molecule has 4 aromatic rings. The molecule has 11 nitrogen and oxygen atoms in total. The van der Waals surface area contributed by atoms with Gasteiger partial charge in [-0.1, -0.05) is 44.3 Å². The summed E-state index contributed by atoms with van der Waals surface area (Å²) in [6.07, 6.45) is 3.94. The molecular weight excluding hydrogens is 532 g/mol. The van der Waals surface area contributed by atoms with Gasteiger partial charge in [0.2, 0.25) is 10.0 Å². The van der Waals surface area contributed by atoms with E-state index < -0.39 is 16.0 Å². The highest BCUT2D eigenvalue weighted by Crippen LogP contribution is 2.55. The minimum Gasteiger partial charge on any atom is -0.492 e. The van der Waals surface area contributed by atoms with Gasteiger partial charge >= 0.3 is 5.97 Å². The smallest absolute Gasteiger partial charge is 0.339 e. The Bertz CT molecular complexity index is 1600. The number of para-hydroxylation sites is 1. The molecule has 2 aromatic carbocycles. The van der Waals surface area contributed by atoms with E-state index in [1.807, 2.05) is 24.4 Å². The van der Waals surface area contributed by atoms with Gasteiger partial charge in [-0.2, -0.15) is 9.40 Å². The number of aromatic nitrogens is 5. The Balaban J connectivity index is 0.00000220. The van der Waals surface area contributed by atoms with Gasteiger partial charge in [-0.05, 0) is 43.2 Å². The Morgan fingerprint density at radius 2 is 1.90 bits per heavy atom. The number of aromatic carboxylic acids is 1. The highest BCUT2D eigenvalue weighted by molar-refractivity contribution is 7.89. The molecule has 1 N–H and O–H groups in total. The van der Waals surface area contributed by atoms with Crippen LogP contribution < -0.4 is 4.74 Å². The van der Waals surface area contributed by atoms with Gasteiger partial charge in [0.15, 0.2) is 0 Å². The topological polar surface area (TPSA) is 132 Å². The van der Waals surface area contributed by atoms with Gasteiger partial charge in [-0.15, -0.1) is 5.10 Å². The van der Waals surface area contributed by atoms with Crippen LogP contribution in [0.3, 0.4) is 0 Å². The molecule has 1 fully saturated rings. The van der Waals surface area contributed by atoms with Crippen molar-refractivity contribution in [3.63, 3.8) is 0 Å². The van der Waals surface area contributed by atoms with Crippen LogP contribution in [0.15, 0.2) is 65.8 Å². The predicted molar refractivity (Wildman–Crippen MR) is 151 cm³/mol. The zero-order valence-electron chi connectivity index (χ0n) is 21.2. The first-order valence-electron chi connectivity index (χ1n) is 12.2. The standard InChI is InChI=1S/C26H28N6O5S.2CH4/c1-4-37-23-10-5-6-11-24(23)38(35,36)31(3)15-17-8-7-9-18(12-17)32-25(21(14-27-32)26(33)34)20-13-19(20)22-16-30(2)29-28-22;;/h5-12,14,16,19-20H,4,13,15H2,1-3H3,(H,33,34);2*1H4/t19-,20-;;/m1../s1. The van der Waals surface area contributed by atoms with Gasteiger partial charge in [0.1, 0.15) is 16.2 Å². The average molecular weight is 569 g/mol. The van der Waals surface area contributed by atoms with E-state index in [0.717, 1.165) is 17.7 Å². The van der Waals surface area contributed by atoms with Crippen LogP contribution in [0.2, 0.25) is 0 Å². The minimum absolute atomic E-state index is 0. The third-order valence-corrected chi connectivity index (χ3v) is 8.42. The Morgan fingerprint density at radius 1 is 1.15 bits per heavy atom. The second kappa shape index (κ2) is 12.0. The molecule has 1 aliphatic carbocycles. The van der Waals surface area contributed by atoms with E-state index in [1.165, 1.54) is 23.6 Å². The molecule has 2 atom stereocenters. The lowest BCUT2D eigenvalue weighted by molar-refractivity contribution is 0.0695. The van der Waals surface area contributed by atoms with E-state index >= 15 is 0 Å². The van der Waals surface area contributed by atoms with E-state index in [4.69, 9.17) is 4.74 Å². The fourth-order valence-electron chi connectivity index (χ4n) is 4.68. The van der Waals surface area contributed by atoms with Gasteiger partial charge in [0.25, 0.3) is 0 Å². The molecule has 0 amide bonds. The molecule has 2 aromatic heterocycles. The van der Waals surface area contributed by atoms with E-state index in [1.54, 1.807) is 47.6 Å². The van der Waals surface area contributed by atoms with Gasteiger partial charge in [-0.3, -0.25) is 4.68 Å². The fraction of sp³-hybridized carbons (Fsp3) is 0.357. The summed E-state index contributed by atoms with van der Waals surface area (Å²) < 4.78 is 36.7. The van der Waals surface area contributed by atoms with Crippen molar-refractivity contribution in [2.24, 2.45) is 7.05 Å². The third-order valence-electron chi connectivity index (χ3n) is 6.58. The molecule has 0 saturated heterocycles. The second-order valence-corrected chi connectivity index (χ2v) is 11.3. The molecule has 0 aliphatic heterocycles. The van der Waals surface area contributed by atoms with Crippen LogP contribution in [0.25, 0.3) is 5.69 Å². The van der Waals surface area contributed by atoms with E-state index in [0.29, 0.717) is 23.7 Å². The molecule has 214 valence electrons. The van der Waals surface area contributed by atoms with Crippen molar-refractivity contribution in [3.05, 3.63) is 83.4 Å². The first-order valence-corrected chi connectivity index (χ1v) is 13.6. The zero-order valence-corrected chi connectivity index (χ0v) is 22.0. The molecule has 2 heterocycles. The monoisotopic (exact) mass is 568 g/mol. The lowest BCUT2D eigenvalue weighted by atomic mass is 10.1. The lowest BCUT2D eigenvalue weighted by Gasteiger charge is -2.20. The van der Waals surface area contributed by atoms with Gasteiger partial charge in [-0.25, -0.2) is 17.9 Å². The number of aryl methyl sites for hydroxylation is 1. The molecular formula is C28H36N6O5S. The Morgan fingerprint density at radius 3 is 2.58 bits per heavy atom. The molecule has 40 heavy (non-hydrogen) atoms. The Kier molecular flexibility index (Phi) is 9.16. The Hall–Kier alpha value is -4.03. The van der Waals surface area contributed by atoms with Crippen molar-refractivity contribution in [2.45, 2.75) is 51.5 Å². The maximum atomic E-state index is 13.3. The molecule has 0 bridgehead atoms. The van der Waals surface area contributed by atoms with Crippen molar-refractivity contribution in [1.29, 1.82) is 0 Å². The van der Waals surface area contributed by atoms with Crippen molar-refractivity contribution >= 4 is 16.0 Å². The van der Waals surface area contributed by atoms with Crippen LogP contribution in [0.4, 0.5) is 0 Å². The zero-order chi connectivity index (χ0) is 27.0. The molecule has 0 radical (unpaired) electrons. The predicted octanol–water partition coefficient (Wildman–Crippen LogP) is 4.46. The van der Waals surface area contributed by atoms with E-state index in [-0.39, 0.29) is 43.7 Å². The van der Waals surface area contributed by atoms with Crippen LogP contribution in [-0.4, -0.2) is 62.2 Å². The number of hydrogen-bond acceptors (Lipinski definition) is 7. The molecule has 1 aliphatic rings. The number of ether oxygens (including phenoxy) is 1. The molecule has 12 heteroatoms. The van der Waals surface area contributed by atoms with Crippen LogP contribution >= 0.6 is 0 Å². The second-order valence-electron chi connectivity index (χ2n) is 9.24. The van der Waals surface area contributed by atoms with Crippen molar-refractivity contribution in [1.82, 2.24) is 29.1 Å². The van der Waals surface area contributed by atoms with Crippen LogP contribution in [0.5, 0.6) is 5.75 Å². The maximum absolute atomic E-state index is 13.3. The van der Waals surface area contributed by atoms with Crippen LogP contribution in [-0.2, 0) is 23.6 Å². The first kappa shape index (κ1) is 30.5. The summed E-state index contributed by atoms with van der Waals surface area (Å²) in [6.45, 7) is 2.25. The molecule has 0 spiro atoms. The third kappa shape index (κ3) is 5.77. The number of nitrogens with zero attached hydrogens (tertiary/aromatic N) is 6. The number of sulfonamides is 1. The largest absolute Gasteiger partial charge is 0.492 e. The first-order chi connectivity index (χ1) is 18.2. The number of benzene rings is 2. The highest BCUT2D eigenvalue weighted by atomic mass is 32.2. The molecule has 5 rings (SSSR count). The normalized spacial score (nSPS) is 16.2. The highest BCUT2D eigenvalue weighted by Gasteiger charge is 2.46. The Labute approximate surface area is 235 Å². The average Bonchev–Trinajstić information content (AvgIpc) is 3.33. The van der Waals surface area contributed by atoms with Crippen molar-refractivity contribution in [2.75, 3.05) is 13.7 Å². The summed E-state index contributed by atoms with van der Waals surface area (Å²) in [4.78, 5) is 12.1. The number of carboxylic acids is 1. The lowest BCUT2D eigenvalue weighted by Crippen LogP contribution is -2.27. The van der Waals surface area contributed by atoms with E-state index in [2.05, 4.69) is 15.4 Å². The van der Waals surface area contributed by atoms with Crippen molar-refractivity contribution in [3.8, 4) is 11.4 Å². The molecule has 0 unspecified atom stereocenters. The quantitative estimate of drug-likeness (QED) is 0.297. The van der Waals surface area contributed by atoms with Gasteiger partial charge in [0, 0.05) is 38.7 Å². The number of carbonyl (C=O) groups is 1. The van der Waals surface area contributed by atoms with Gasteiger partial charge < -0.3 is 9.84 Å². The summed E-state index contributed by atoms with van der Waals surface area (Å²) in [5.41, 5.74) is 2.92. The summed E-state index contributed by atoms with van der Waals surface area (Å²) in [7, 11) is -0.522.